The van der Waals surface area contributed by atoms with Gasteiger partial charge >= 0.3 is 0 Å². The summed E-state index contributed by atoms with van der Waals surface area (Å²) < 4.78 is 13.5. The van der Waals surface area contributed by atoms with Crippen molar-refractivity contribution in [3.05, 3.63) is 65.0 Å². The zero-order chi connectivity index (χ0) is 13.7. The van der Waals surface area contributed by atoms with Gasteiger partial charge in [-0.2, -0.15) is 5.26 Å². The number of nitriles is 1. The molecule has 2 rings (SSSR count). The Morgan fingerprint density at radius 2 is 1.84 bits per heavy atom. The lowest BCUT2D eigenvalue weighted by molar-refractivity contribution is 0.624. The number of hydrogen-bond donors (Lipinski definition) is 1. The predicted molar refractivity (Wildman–Crippen MR) is 74.3 cm³/mol. The van der Waals surface area contributed by atoms with Crippen LogP contribution in [-0.2, 0) is 13.0 Å². The number of anilines is 1. The Hall–Kier alpha value is -2.34. The van der Waals surface area contributed by atoms with Gasteiger partial charge in [-0.25, -0.2) is 4.39 Å². The number of aryl methyl sites for hydroxylation is 1. The van der Waals surface area contributed by atoms with Crippen molar-refractivity contribution in [3.8, 4) is 6.07 Å². The minimum atomic E-state index is -0.490. The molecule has 0 aliphatic heterocycles. The zero-order valence-electron chi connectivity index (χ0n) is 10.8. The second-order valence-electron chi connectivity index (χ2n) is 4.25. The van der Waals surface area contributed by atoms with Crippen molar-refractivity contribution in [2.45, 2.75) is 19.9 Å². The van der Waals surface area contributed by atoms with Crippen molar-refractivity contribution in [2.75, 3.05) is 5.32 Å². The van der Waals surface area contributed by atoms with E-state index in [-0.39, 0.29) is 5.56 Å². The quantitative estimate of drug-likeness (QED) is 0.899. The van der Waals surface area contributed by atoms with Crippen LogP contribution in [0.25, 0.3) is 0 Å². The molecule has 0 saturated heterocycles. The fourth-order valence-corrected chi connectivity index (χ4v) is 2.05. The van der Waals surface area contributed by atoms with Crippen molar-refractivity contribution in [1.82, 2.24) is 0 Å². The topological polar surface area (TPSA) is 35.8 Å². The SMILES string of the molecule is CCc1ccccc1CNc1cccc(F)c1C#N. The maximum absolute atomic E-state index is 13.5. The number of rotatable bonds is 4. The lowest BCUT2D eigenvalue weighted by atomic mass is 10.1. The monoisotopic (exact) mass is 254 g/mol. The highest BCUT2D eigenvalue weighted by atomic mass is 19.1. The van der Waals surface area contributed by atoms with Crippen molar-refractivity contribution >= 4 is 5.69 Å². The standard InChI is InChI=1S/C16H15FN2/c1-2-12-6-3-4-7-13(12)11-19-16-9-5-8-15(17)14(16)10-18/h3-9,19H,2,11H2,1H3. The summed E-state index contributed by atoms with van der Waals surface area (Å²) in [6.07, 6.45) is 0.951. The molecule has 96 valence electrons. The first-order valence-electron chi connectivity index (χ1n) is 6.25. The minimum absolute atomic E-state index is 0.0662. The van der Waals surface area contributed by atoms with Crippen molar-refractivity contribution < 1.29 is 4.39 Å². The Bertz CT molecular complexity index is 614. The molecule has 0 aliphatic carbocycles. The molecule has 2 aromatic rings. The van der Waals surface area contributed by atoms with E-state index in [1.54, 1.807) is 12.1 Å². The van der Waals surface area contributed by atoms with E-state index >= 15 is 0 Å². The van der Waals surface area contributed by atoms with Gasteiger partial charge in [0.1, 0.15) is 17.4 Å². The van der Waals surface area contributed by atoms with Gasteiger partial charge in [-0.05, 0) is 29.7 Å². The smallest absolute Gasteiger partial charge is 0.143 e. The molecule has 0 aromatic heterocycles. The number of benzene rings is 2. The van der Waals surface area contributed by atoms with Gasteiger partial charge in [0, 0.05) is 6.54 Å². The van der Waals surface area contributed by atoms with Crippen molar-refractivity contribution in [2.24, 2.45) is 0 Å². The Balaban J connectivity index is 2.20. The highest BCUT2D eigenvalue weighted by molar-refractivity contribution is 5.58. The molecule has 0 radical (unpaired) electrons. The molecule has 0 heterocycles. The Morgan fingerprint density at radius 1 is 1.11 bits per heavy atom. The maximum atomic E-state index is 13.5. The van der Waals surface area contributed by atoms with Gasteiger partial charge in [-0.15, -0.1) is 0 Å². The molecule has 19 heavy (non-hydrogen) atoms. The zero-order valence-corrected chi connectivity index (χ0v) is 10.8. The van der Waals surface area contributed by atoms with Gasteiger partial charge in [0.25, 0.3) is 0 Å². The Kier molecular flexibility index (Phi) is 4.15. The van der Waals surface area contributed by atoms with Crippen LogP contribution < -0.4 is 5.32 Å². The predicted octanol–water partition coefficient (Wildman–Crippen LogP) is 3.87. The average molecular weight is 254 g/mol. The van der Waals surface area contributed by atoms with Crippen LogP contribution in [0.3, 0.4) is 0 Å². The normalized spacial score (nSPS) is 9.95. The molecule has 2 aromatic carbocycles. The van der Waals surface area contributed by atoms with Crippen LogP contribution in [0.2, 0.25) is 0 Å². The van der Waals surface area contributed by atoms with Crippen LogP contribution in [0, 0.1) is 17.1 Å². The van der Waals surface area contributed by atoms with E-state index in [1.807, 2.05) is 24.3 Å². The first-order valence-corrected chi connectivity index (χ1v) is 6.25. The van der Waals surface area contributed by atoms with Crippen LogP contribution >= 0.6 is 0 Å². The first-order chi connectivity index (χ1) is 9.26. The van der Waals surface area contributed by atoms with E-state index in [4.69, 9.17) is 5.26 Å². The molecule has 3 heteroatoms. The second kappa shape index (κ2) is 6.01. The van der Waals surface area contributed by atoms with E-state index in [0.717, 1.165) is 12.0 Å². The van der Waals surface area contributed by atoms with Crippen LogP contribution in [-0.4, -0.2) is 0 Å². The third kappa shape index (κ3) is 2.92. The van der Waals surface area contributed by atoms with Gasteiger partial charge in [0.2, 0.25) is 0 Å². The lowest BCUT2D eigenvalue weighted by Gasteiger charge is -2.11. The lowest BCUT2D eigenvalue weighted by Crippen LogP contribution is -2.04. The maximum Gasteiger partial charge on any atom is 0.143 e. The van der Waals surface area contributed by atoms with E-state index in [9.17, 15) is 4.39 Å². The summed E-state index contributed by atoms with van der Waals surface area (Å²) in [7, 11) is 0. The third-order valence-corrected chi connectivity index (χ3v) is 3.09. The molecule has 0 spiro atoms. The Labute approximate surface area is 112 Å². The fourth-order valence-electron chi connectivity index (χ4n) is 2.05. The number of hydrogen-bond acceptors (Lipinski definition) is 2. The molecule has 0 unspecified atom stereocenters. The fraction of sp³-hybridized carbons (Fsp3) is 0.188. The van der Waals surface area contributed by atoms with Crippen molar-refractivity contribution in [3.63, 3.8) is 0 Å². The van der Waals surface area contributed by atoms with Crippen LogP contribution in [0.5, 0.6) is 0 Å². The van der Waals surface area contributed by atoms with Gasteiger partial charge in [0.05, 0.1) is 5.69 Å². The van der Waals surface area contributed by atoms with E-state index in [0.29, 0.717) is 12.2 Å². The molecule has 0 fully saturated rings. The molecule has 0 aliphatic rings. The number of nitrogens with zero attached hydrogens (tertiary/aromatic N) is 1. The summed E-state index contributed by atoms with van der Waals surface area (Å²) in [6.45, 7) is 2.68. The molecule has 0 bridgehead atoms. The summed E-state index contributed by atoms with van der Waals surface area (Å²) >= 11 is 0. The van der Waals surface area contributed by atoms with Crippen LogP contribution in [0.15, 0.2) is 42.5 Å². The molecular weight excluding hydrogens is 239 g/mol. The summed E-state index contributed by atoms with van der Waals surface area (Å²) in [4.78, 5) is 0. The van der Waals surface area contributed by atoms with Crippen LogP contribution in [0.4, 0.5) is 10.1 Å². The second-order valence-corrected chi connectivity index (χ2v) is 4.25. The minimum Gasteiger partial charge on any atom is -0.380 e. The highest BCUT2D eigenvalue weighted by Crippen LogP contribution is 2.19. The summed E-state index contributed by atoms with van der Waals surface area (Å²) in [5, 5.41) is 12.1. The summed E-state index contributed by atoms with van der Waals surface area (Å²) in [5.41, 5.74) is 3.02. The molecule has 0 saturated carbocycles. The highest BCUT2D eigenvalue weighted by Gasteiger charge is 2.07. The molecule has 2 nitrogen and oxygen atoms in total. The number of nitrogens with one attached hydrogen (secondary N) is 1. The largest absolute Gasteiger partial charge is 0.380 e. The van der Waals surface area contributed by atoms with Crippen molar-refractivity contribution in [1.29, 1.82) is 5.26 Å². The van der Waals surface area contributed by atoms with Gasteiger partial charge in [-0.3, -0.25) is 0 Å². The van der Waals surface area contributed by atoms with E-state index < -0.39 is 5.82 Å². The summed E-state index contributed by atoms with van der Waals surface area (Å²) in [6, 6.07) is 14.6. The number of halogens is 1. The van der Waals surface area contributed by atoms with E-state index in [1.165, 1.54) is 11.6 Å². The molecule has 0 amide bonds. The summed E-state index contributed by atoms with van der Waals surface area (Å²) in [5.74, 6) is -0.490. The van der Waals surface area contributed by atoms with E-state index in [2.05, 4.69) is 18.3 Å². The van der Waals surface area contributed by atoms with Gasteiger partial charge < -0.3 is 5.32 Å². The van der Waals surface area contributed by atoms with Gasteiger partial charge in [-0.1, -0.05) is 37.3 Å². The first kappa shape index (κ1) is 13.1. The molecule has 0 atom stereocenters. The molecular formula is C16H15FN2. The Morgan fingerprint density at radius 3 is 2.53 bits per heavy atom. The molecule has 1 N–H and O–H groups in total. The van der Waals surface area contributed by atoms with Gasteiger partial charge in [0.15, 0.2) is 0 Å². The average Bonchev–Trinajstić information content (AvgIpc) is 2.45. The van der Waals surface area contributed by atoms with Crippen LogP contribution in [0.1, 0.15) is 23.6 Å². The third-order valence-electron chi connectivity index (χ3n) is 3.09.